The van der Waals surface area contributed by atoms with Crippen molar-refractivity contribution in [2.24, 2.45) is 0 Å². The summed E-state index contributed by atoms with van der Waals surface area (Å²) in [5, 5.41) is 0. The quantitative estimate of drug-likeness (QED) is 0.700. The van der Waals surface area contributed by atoms with Crippen LogP contribution in [0.15, 0.2) is 57.7 Å². The molecule has 136 valence electrons. The zero-order valence-corrected chi connectivity index (χ0v) is 15.1. The van der Waals surface area contributed by atoms with Crippen LogP contribution in [0.4, 0.5) is 0 Å². The summed E-state index contributed by atoms with van der Waals surface area (Å²) >= 11 is 0. The molecule has 0 unspecified atom stereocenters. The van der Waals surface area contributed by atoms with Crippen molar-refractivity contribution in [3.63, 3.8) is 0 Å². The van der Waals surface area contributed by atoms with Gasteiger partial charge in [0.15, 0.2) is 5.58 Å². The van der Waals surface area contributed by atoms with Gasteiger partial charge in [-0.05, 0) is 44.5 Å². The third-order valence-electron chi connectivity index (χ3n) is 5.03. The number of ether oxygens (including phenoxy) is 1. The van der Waals surface area contributed by atoms with Crippen LogP contribution in [0.1, 0.15) is 31.4 Å². The fourth-order valence-electron chi connectivity index (χ4n) is 3.89. The molecule has 1 atom stereocenters. The fraction of sp³-hybridized carbons (Fsp3) is 0.381. The summed E-state index contributed by atoms with van der Waals surface area (Å²) in [6.45, 7) is 5.36. The molecule has 26 heavy (non-hydrogen) atoms. The molecule has 0 radical (unpaired) electrons. The Labute approximate surface area is 152 Å². The SMILES string of the molecule is CCOc1ccccc1CN1CCC[C@H](n2c(=O)oc3ccccc32)C1. The first-order valence-electron chi connectivity index (χ1n) is 9.29. The normalized spacial score (nSPS) is 18.3. The summed E-state index contributed by atoms with van der Waals surface area (Å²) in [5.74, 6) is 0.691. The van der Waals surface area contributed by atoms with E-state index in [2.05, 4.69) is 11.0 Å². The van der Waals surface area contributed by atoms with Crippen LogP contribution in [-0.2, 0) is 6.54 Å². The average Bonchev–Trinajstić information content (AvgIpc) is 2.99. The van der Waals surface area contributed by atoms with E-state index in [1.807, 2.05) is 54.0 Å². The molecule has 3 aromatic rings. The van der Waals surface area contributed by atoms with Gasteiger partial charge in [-0.2, -0.15) is 0 Å². The molecule has 4 rings (SSSR count). The van der Waals surface area contributed by atoms with Crippen molar-refractivity contribution in [3.8, 4) is 5.75 Å². The highest BCUT2D eigenvalue weighted by molar-refractivity contribution is 5.72. The van der Waals surface area contributed by atoms with Crippen LogP contribution >= 0.6 is 0 Å². The van der Waals surface area contributed by atoms with Crippen molar-refractivity contribution >= 4 is 11.1 Å². The van der Waals surface area contributed by atoms with Gasteiger partial charge in [0.1, 0.15) is 5.75 Å². The van der Waals surface area contributed by atoms with E-state index in [1.165, 1.54) is 5.56 Å². The standard InChI is InChI=1S/C21H24N2O3/c1-2-25-19-11-5-3-8-16(19)14-22-13-7-9-17(15-22)23-18-10-4-6-12-20(18)26-21(23)24/h3-6,8,10-12,17H,2,7,9,13-15H2,1H3/t17-/m0/s1. The predicted octanol–water partition coefficient (Wildman–Crippen LogP) is 3.83. The minimum atomic E-state index is -0.257. The van der Waals surface area contributed by atoms with Gasteiger partial charge >= 0.3 is 5.76 Å². The van der Waals surface area contributed by atoms with Gasteiger partial charge in [-0.25, -0.2) is 4.79 Å². The number of hydrogen-bond donors (Lipinski definition) is 0. The maximum atomic E-state index is 12.4. The molecule has 2 heterocycles. The van der Waals surface area contributed by atoms with E-state index in [-0.39, 0.29) is 11.8 Å². The zero-order chi connectivity index (χ0) is 17.9. The lowest BCUT2D eigenvalue weighted by Gasteiger charge is -2.33. The maximum absolute atomic E-state index is 12.4. The number of piperidine rings is 1. The van der Waals surface area contributed by atoms with Crippen molar-refractivity contribution < 1.29 is 9.15 Å². The molecule has 1 aliphatic heterocycles. The van der Waals surface area contributed by atoms with Crippen LogP contribution in [0, 0.1) is 0 Å². The minimum absolute atomic E-state index is 0.138. The second-order valence-corrected chi connectivity index (χ2v) is 6.78. The molecule has 1 saturated heterocycles. The fourth-order valence-corrected chi connectivity index (χ4v) is 3.89. The number of aromatic nitrogens is 1. The largest absolute Gasteiger partial charge is 0.494 e. The second kappa shape index (κ2) is 7.38. The van der Waals surface area contributed by atoms with Crippen LogP contribution in [0.5, 0.6) is 5.75 Å². The molecular formula is C21H24N2O3. The first kappa shape index (κ1) is 16.9. The summed E-state index contributed by atoms with van der Waals surface area (Å²) in [7, 11) is 0. The molecule has 1 fully saturated rings. The van der Waals surface area contributed by atoms with Gasteiger partial charge in [0.05, 0.1) is 18.2 Å². The van der Waals surface area contributed by atoms with Gasteiger partial charge in [-0.1, -0.05) is 30.3 Å². The number of fused-ring (bicyclic) bond motifs is 1. The van der Waals surface area contributed by atoms with Gasteiger partial charge in [0.25, 0.3) is 0 Å². The summed E-state index contributed by atoms with van der Waals surface area (Å²) in [6.07, 6.45) is 2.06. The van der Waals surface area contributed by atoms with Crippen molar-refractivity contribution in [2.45, 2.75) is 32.4 Å². The van der Waals surface area contributed by atoms with Crippen molar-refractivity contribution in [1.29, 1.82) is 0 Å². The number of hydrogen-bond acceptors (Lipinski definition) is 4. The first-order chi connectivity index (χ1) is 12.8. The average molecular weight is 352 g/mol. The highest BCUT2D eigenvalue weighted by Gasteiger charge is 2.25. The smallest absolute Gasteiger partial charge is 0.420 e. The molecule has 5 heteroatoms. The highest BCUT2D eigenvalue weighted by Crippen LogP contribution is 2.27. The number of nitrogens with zero attached hydrogens (tertiary/aromatic N) is 2. The van der Waals surface area contributed by atoms with Crippen LogP contribution in [0.25, 0.3) is 11.1 Å². The van der Waals surface area contributed by atoms with Crippen molar-refractivity contribution in [1.82, 2.24) is 9.47 Å². The van der Waals surface area contributed by atoms with E-state index in [0.29, 0.717) is 12.2 Å². The lowest BCUT2D eigenvalue weighted by atomic mass is 10.0. The van der Waals surface area contributed by atoms with Gasteiger partial charge in [0.2, 0.25) is 0 Å². The lowest BCUT2D eigenvalue weighted by Crippen LogP contribution is -2.38. The Morgan fingerprint density at radius 3 is 2.85 bits per heavy atom. The van der Waals surface area contributed by atoms with Gasteiger partial charge < -0.3 is 9.15 Å². The van der Waals surface area contributed by atoms with E-state index in [4.69, 9.17) is 9.15 Å². The van der Waals surface area contributed by atoms with Crippen LogP contribution in [-0.4, -0.2) is 29.2 Å². The molecule has 1 aliphatic rings. The second-order valence-electron chi connectivity index (χ2n) is 6.78. The number of likely N-dealkylation sites (tertiary alicyclic amines) is 1. The van der Waals surface area contributed by atoms with Crippen molar-refractivity contribution in [3.05, 3.63) is 64.6 Å². The third-order valence-corrected chi connectivity index (χ3v) is 5.03. The molecule has 0 amide bonds. The van der Waals surface area contributed by atoms with E-state index in [1.54, 1.807) is 0 Å². The Kier molecular flexibility index (Phi) is 4.80. The molecule has 0 spiro atoms. The summed E-state index contributed by atoms with van der Waals surface area (Å²) in [6, 6.07) is 16.0. The van der Waals surface area contributed by atoms with Crippen LogP contribution in [0.3, 0.4) is 0 Å². The van der Waals surface area contributed by atoms with Gasteiger partial charge in [0, 0.05) is 18.7 Å². The number of rotatable bonds is 5. The molecule has 0 saturated carbocycles. The summed E-state index contributed by atoms with van der Waals surface area (Å²) in [5.41, 5.74) is 2.75. The molecular weight excluding hydrogens is 328 g/mol. The van der Waals surface area contributed by atoms with E-state index >= 15 is 0 Å². The third kappa shape index (κ3) is 3.27. The molecule has 0 bridgehead atoms. The predicted molar refractivity (Wildman–Crippen MR) is 102 cm³/mol. The topological polar surface area (TPSA) is 47.6 Å². The summed E-state index contributed by atoms with van der Waals surface area (Å²) in [4.78, 5) is 14.8. The Bertz CT molecular complexity index is 944. The Morgan fingerprint density at radius 1 is 1.15 bits per heavy atom. The van der Waals surface area contributed by atoms with Crippen molar-refractivity contribution in [2.75, 3.05) is 19.7 Å². The van der Waals surface area contributed by atoms with E-state index in [0.717, 1.165) is 43.7 Å². The Balaban J connectivity index is 1.56. The van der Waals surface area contributed by atoms with Gasteiger partial charge in [-0.15, -0.1) is 0 Å². The first-order valence-corrected chi connectivity index (χ1v) is 9.29. The zero-order valence-electron chi connectivity index (χ0n) is 15.1. The molecule has 2 aromatic carbocycles. The minimum Gasteiger partial charge on any atom is -0.494 e. The number of para-hydroxylation sites is 3. The molecule has 1 aromatic heterocycles. The van der Waals surface area contributed by atoms with Gasteiger partial charge in [-0.3, -0.25) is 9.47 Å². The number of benzene rings is 2. The monoisotopic (exact) mass is 352 g/mol. The van der Waals surface area contributed by atoms with Crippen LogP contribution < -0.4 is 10.5 Å². The molecule has 0 aliphatic carbocycles. The highest BCUT2D eigenvalue weighted by atomic mass is 16.5. The van der Waals surface area contributed by atoms with E-state index < -0.39 is 0 Å². The molecule has 5 nitrogen and oxygen atoms in total. The number of oxazole rings is 1. The maximum Gasteiger partial charge on any atom is 0.420 e. The lowest BCUT2D eigenvalue weighted by molar-refractivity contribution is 0.166. The Hall–Kier alpha value is -2.53. The Morgan fingerprint density at radius 2 is 1.96 bits per heavy atom. The summed E-state index contributed by atoms with van der Waals surface area (Å²) < 4.78 is 13.0. The van der Waals surface area contributed by atoms with Crippen LogP contribution in [0.2, 0.25) is 0 Å². The van der Waals surface area contributed by atoms with E-state index in [9.17, 15) is 4.79 Å². The molecule has 0 N–H and O–H groups in total.